The summed E-state index contributed by atoms with van der Waals surface area (Å²) in [6, 6.07) is 0. The first-order chi connectivity index (χ1) is 9.68. The van der Waals surface area contributed by atoms with E-state index in [9.17, 15) is 0 Å². The third kappa shape index (κ3) is 12.2. The van der Waals surface area contributed by atoms with E-state index in [-0.39, 0.29) is 0 Å². The molecule has 0 saturated heterocycles. The lowest BCUT2D eigenvalue weighted by molar-refractivity contribution is 0.684. The Labute approximate surface area is 130 Å². The number of rotatable bonds is 15. The van der Waals surface area contributed by atoms with Gasteiger partial charge in [-0.25, -0.2) is 0 Å². The fourth-order valence-corrected chi connectivity index (χ4v) is 6.73. The lowest BCUT2D eigenvalue weighted by Crippen LogP contribution is -2.07. The maximum atomic E-state index is 2.69. The second kappa shape index (κ2) is 14.4. The highest BCUT2D eigenvalue weighted by Gasteiger charge is 2.29. The molecule has 0 saturated carbocycles. The summed E-state index contributed by atoms with van der Waals surface area (Å²) in [5, 5.41) is 0. The fraction of sp³-hybridized carbons (Fsp3) is 1.00. The molecule has 0 nitrogen and oxygen atoms in total. The molecule has 0 bridgehead atoms. The van der Waals surface area contributed by atoms with Gasteiger partial charge in [-0.3, -0.25) is 0 Å². The van der Waals surface area contributed by atoms with Crippen molar-refractivity contribution in [3.63, 3.8) is 0 Å². The van der Waals surface area contributed by atoms with Crippen LogP contribution in [-0.4, -0.2) is 25.2 Å². The Balaban J connectivity index is 3.98. The molecule has 0 fully saturated rings. The summed E-state index contributed by atoms with van der Waals surface area (Å²) in [7, 11) is -0.590. The Bertz CT molecular complexity index is 157. The Hall–Kier alpha value is 0.430. The third-order valence-electron chi connectivity index (χ3n) is 4.65. The molecule has 1 heteroatoms. The smallest absolute Gasteiger partial charge is 0.0591 e. The largest absolute Gasteiger partial charge is 0.0654 e. The third-order valence-corrected chi connectivity index (χ3v) is 8.84. The minimum atomic E-state index is -0.590. The van der Waals surface area contributed by atoms with Gasteiger partial charge in [0.2, 0.25) is 0 Å². The van der Waals surface area contributed by atoms with E-state index < -0.39 is 7.26 Å². The predicted octanol–water partition coefficient (Wildman–Crippen LogP) is 7.37. The van der Waals surface area contributed by atoms with Gasteiger partial charge in [0.15, 0.2) is 0 Å². The molecule has 0 radical (unpaired) electrons. The molecule has 20 heavy (non-hydrogen) atoms. The van der Waals surface area contributed by atoms with E-state index >= 15 is 0 Å². The van der Waals surface area contributed by atoms with Crippen LogP contribution in [0.4, 0.5) is 0 Å². The molecule has 122 valence electrons. The van der Waals surface area contributed by atoms with Crippen LogP contribution in [0.25, 0.3) is 0 Å². The zero-order valence-electron chi connectivity index (χ0n) is 15.1. The molecular weight excluding hydrogens is 259 g/mol. The maximum Gasteiger partial charge on any atom is 0.0591 e. The molecule has 0 N–H and O–H groups in total. The lowest BCUT2D eigenvalue weighted by atomic mass is 10.2. The molecule has 0 aliphatic rings. The highest BCUT2D eigenvalue weighted by atomic mass is 31.2. The van der Waals surface area contributed by atoms with Gasteiger partial charge in [-0.15, -0.1) is 0 Å². The van der Waals surface area contributed by atoms with Crippen LogP contribution in [0.3, 0.4) is 0 Å². The zero-order chi connectivity index (χ0) is 15.1. The van der Waals surface area contributed by atoms with E-state index in [0.29, 0.717) is 0 Å². The van der Waals surface area contributed by atoms with Crippen LogP contribution < -0.4 is 0 Å². The summed E-state index contributed by atoms with van der Waals surface area (Å²) < 4.78 is 0. The number of hydrogen-bond acceptors (Lipinski definition) is 0. The van der Waals surface area contributed by atoms with Crippen molar-refractivity contribution < 1.29 is 0 Å². The lowest BCUT2D eigenvalue weighted by Gasteiger charge is -2.23. The molecular formula is C19H42P+. The van der Waals surface area contributed by atoms with Crippen molar-refractivity contribution in [2.24, 2.45) is 0 Å². The Kier molecular flexibility index (Phi) is 14.7. The van der Waals surface area contributed by atoms with E-state index in [0.717, 1.165) is 0 Å². The molecule has 0 aliphatic heterocycles. The molecule has 0 heterocycles. The monoisotopic (exact) mass is 301 g/mol. The van der Waals surface area contributed by atoms with Crippen molar-refractivity contribution in [1.82, 2.24) is 0 Å². The van der Waals surface area contributed by atoms with Crippen LogP contribution in [0.2, 0.25) is 0 Å². The van der Waals surface area contributed by atoms with Crippen LogP contribution >= 0.6 is 7.26 Å². The van der Waals surface area contributed by atoms with Gasteiger partial charge in [-0.2, -0.15) is 0 Å². The second-order valence-electron chi connectivity index (χ2n) is 6.97. The predicted molar refractivity (Wildman–Crippen MR) is 99.9 cm³/mol. The van der Waals surface area contributed by atoms with Crippen molar-refractivity contribution >= 4 is 7.26 Å². The van der Waals surface area contributed by atoms with E-state index in [1.807, 2.05) is 0 Å². The first kappa shape index (κ1) is 20.4. The second-order valence-corrected chi connectivity index (χ2v) is 11.6. The molecule has 0 amide bonds. The number of unbranched alkanes of at least 4 members (excludes halogenated alkanes) is 9. The van der Waals surface area contributed by atoms with Crippen molar-refractivity contribution in [1.29, 1.82) is 0 Å². The van der Waals surface area contributed by atoms with Gasteiger partial charge in [0.25, 0.3) is 0 Å². The average molecular weight is 302 g/mol. The fourth-order valence-electron chi connectivity index (χ4n) is 3.10. The highest BCUT2D eigenvalue weighted by molar-refractivity contribution is 7.75. The highest BCUT2D eigenvalue weighted by Crippen LogP contribution is 2.57. The molecule has 0 aromatic rings. The SMILES string of the molecule is CCCCCC[P+](C)(CCCCCC)CCCCCC. The van der Waals surface area contributed by atoms with Crippen LogP contribution in [0.5, 0.6) is 0 Å². The molecule has 0 aromatic heterocycles. The molecule has 0 aliphatic carbocycles. The van der Waals surface area contributed by atoms with Crippen molar-refractivity contribution in [2.45, 2.75) is 97.8 Å². The molecule has 0 atom stereocenters. The van der Waals surface area contributed by atoms with Gasteiger partial charge >= 0.3 is 0 Å². The van der Waals surface area contributed by atoms with Gasteiger partial charge in [0, 0.05) is 13.9 Å². The summed E-state index contributed by atoms with van der Waals surface area (Å²) in [4.78, 5) is 0. The summed E-state index contributed by atoms with van der Waals surface area (Å²) in [6.45, 7) is 9.66. The Morgan fingerprint density at radius 3 is 1.00 bits per heavy atom. The van der Waals surface area contributed by atoms with Crippen molar-refractivity contribution in [3.8, 4) is 0 Å². The summed E-state index contributed by atoms with van der Waals surface area (Å²) in [5.74, 6) is 0. The van der Waals surface area contributed by atoms with Crippen LogP contribution in [0.15, 0.2) is 0 Å². The zero-order valence-corrected chi connectivity index (χ0v) is 15.9. The van der Waals surface area contributed by atoms with Crippen LogP contribution in [0.1, 0.15) is 97.8 Å². The van der Waals surface area contributed by atoms with Crippen molar-refractivity contribution in [3.05, 3.63) is 0 Å². The normalized spacial score (nSPS) is 12.0. The maximum absolute atomic E-state index is 2.69. The van der Waals surface area contributed by atoms with E-state index in [2.05, 4.69) is 27.4 Å². The Morgan fingerprint density at radius 2 is 0.750 bits per heavy atom. The van der Waals surface area contributed by atoms with E-state index in [4.69, 9.17) is 0 Å². The number of hydrogen-bond donors (Lipinski definition) is 0. The minimum absolute atomic E-state index is 0.590. The minimum Gasteiger partial charge on any atom is -0.0654 e. The first-order valence-electron chi connectivity index (χ1n) is 9.52. The van der Waals surface area contributed by atoms with Gasteiger partial charge in [-0.05, 0) is 38.5 Å². The average Bonchev–Trinajstić information content (AvgIpc) is 2.45. The van der Waals surface area contributed by atoms with Gasteiger partial charge in [0.1, 0.15) is 0 Å². The van der Waals surface area contributed by atoms with E-state index in [1.54, 1.807) is 18.5 Å². The van der Waals surface area contributed by atoms with Gasteiger partial charge in [0.05, 0.1) is 18.5 Å². The van der Waals surface area contributed by atoms with Crippen molar-refractivity contribution in [2.75, 3.05) is 25.2 Å². The summed E-state index contributed by atoms with van der Waals surface area (Å²) in [6.07, 6.45) is 22.2. The summed E-state index contributed by atoms with van der Waals surface area (Å²) in [5.41, 5.74) is 0. The molecule has 0 unspecified atom stereocenters. The molecule has 0 aromatic carbocycles. The Morgan fingerprint density at radius 1 is 0.450 bits per heavy atom. The first-order valence-corrected chi connectivity index (χ1v) is 12.3. The van der Waals surface area contributed by atoms with Gasteiger partial charge in [-0.1, -0.05) is 59.3 Å². The molecule has 0 spiro atoms. The van der Waals surface area contributed by atoms with Gasteiger partial charge < -0.3 is 0 Å². The van der Waals surface area contributed by atoms with E-state index in [1.165, 1.54) is 77.0 Å². The van der Waals surface area contributed by atoms with Crippen LogP contribution in [-0.2, 0) is 0 Å². The van der Waals surface area contributed by atoms with Crippen LogP contribution in [0, 0.1) is 0 Å². The summed E-state index contributed by atoms with van der Waals surface area (Å²) >= 11 is 0. The standard InChI is InChI=1S/C19H42P/c1-5-8-11-14-17-20(4,18-15-12-9-6-2)19-16-13-10-7-3/h5-19H2,1-4H3/q+1. The topological polar surface area (TPSA) is 0 Å². The quantitative estimate of drug-likeness (QED) is 0.219. The molecule has 0 rings (SSSR count).